The Kier molecular flexibility index (Phi) is 6.45. The fourth-order valence-corrected chi connectivity index (χ4v) is 3.68. The second-order valence-corrected chi connectivity index (χ2v) is 7.49. The van der Waals surface area contributed by atoms with Crippen molar-refractivity contribution < 1.29 is 14.0 Å². The highest BCUT2D eigenvalue weighted by Crippen LogP contribution is 2.34. The Morgan fingerprint density at radius 1 is 1.07 bits per heavy atom. The lowest BCUT2D eigenvalue weighted by atomic mass is 9.88. The van der Waals surface area contributed by atoms with Crippen LogP contribution in [0.3, 0.4) is 0 Å². The van der Waals surface area contributed by atoms with Crippen LogP contribution in [-0.4, -0.2) is 36.3 Å². The van der Waals surface area contributed by atoms with Crippen LogP contribution in [0.2, 0.25) is 0 Å². The van der Waals surface area contributed by atoms with Crippen molar-refractivity contribution in [2.24, 2.45) is 5.92 Å². The zero-order valence-corrected chi connectivity index (χ0v) is 16.5. The van der Waals surface area contributed by atoms with E-state index in [1.807, 2.05) is 31.2 Å². The van der Waals surface area contributed by atoms with Crippen molar-refractivity contribution in [3.63, 3.8) is 0 Å². The van der Waals surface area contributed by atoms with E-state index in [-0.39, 0.29) is 29.5 Å². The number of carbonyl (C=O) groups is 2. The third kappa shape index (κ3) is 4.58. The number of nitrogens with one attached hydrogen (secondary N) is 1. The third-order valence-electron chi connectivity index (χ3n) is 5.37. The largest absolute Gasteiger partial charge is 0.356 e. The Hall–Kier alpha value is -2.69. The molecule has 1 N–H and O–H groups in total. The van der Waals surface area contributed by atoms with Gasteiger partial charge in [0.25, 0.3) is 5.91 Å². The molecular weight excluding hydrogens is 355 g/mol. The van der Waals surface area contributed by atoms with Crippen molar-refractivity contribution in [1.82, 2.24) is 10.2 Å². The van der Waals surface area contributed by atoms with Crippen molar-refractivity contribution in [3.05, 3.63) is 71.0 Å². The summed E-state index contributed by atoms with van der Waals surface area (Å²) in [5.41, 5.74) is 2.60. The topological polar surface area (TPSA) is 49.4 Å². The number of aryl methyl sites for hydroxylation is 1. The predicted octanol–water partition coefficient (Wildman–Crippen LogP) is 3.91. The fraction of sp³-hybridized carbons (Fsp3) is 0.391. The molecule has 1 saturated heterocycles. The average Bonchev–Trinajstić information content (AvgIpc) is 3.14. The number of nitrogens with zero attached hydrogens (tertiary/aromatic N) is 1. The molecule has 1 heterocycles. The number of hydrogen-bond donors (Lipinski definition) is 1. The maximum atomic E-state index is 13.3. The fourth-order valence-electron chi connectivity index (χ4n) is 3.68. The van der Waals surface area contributed by atoms with Gasteiger partial charge in [0.1, 0.15) is 5.82 Å². The normalized spacial score (nSPS) is 18.9. The van der Waals surface area contributed by atoms with E-state index in [0.29, 0.717) is 25.2 Å². The standard InChI is InChI=1S/C23H27FN2O2/c1-3-4-13-25-22(27)21-15-26(23(28)18-7-5-16(2)6-8-18)14-20(21)17-9-11-19(24)12-10-17/h5-12,20-21H,3-4,13-15H2,1-2H3,(H,25,27). The van der Waals surface area contributed by atoms with E-state index in [2.05, 4.69) is 12.2 Å². The van der Waals surface area contributed by atoms with Crippen molar-refractivity contribution in [2.45, 2.75) is 32.6 Å². The van der Waals surface area contributed by atoms with E-state index in [0.717, 1.165) is 24.0 Å². The van der Waals surface area contributed by atoms with Gasteiger partial charge in [0, 0.05) is 31.1 Å². The van der Waals surface area contributed by atoms with Crippen LogP contribution in [0.5, 0.6) is 0 Å². The molecule has 3 rings (SSSR count). The Labute approximate surface area is 165 Å². The van der Waals surface area contributed by atoms with Crippen LogP contribution in [0.25, 0.3) is 0 Å². The monoisotopic (exact) mass is 382 g/mol. The van der Waals surface area contributed by atoms with E-state index in [1.54, 1.807) is 17.0 Å². The van der Waals surface area contributed by atoms with E-state index >= 15 is 0 Å². The predicted molar refractivity (Wildman–Crippen MR) is 108 cm³/mol. The first kappa shape index (κ1) is 20.1. The molecule has 0 saturated carbocycles. The first-order valence-electron chi connectivity index (χ1n) is 9.88. The Bertz CT molecular complexity index is 818. The van der Waals surface area contributed by atoms with Gasteiger partial charge in [-0.3, -0.25) is 9.59 Å². The molecule has 0 aromatic heterocycles. The molecule has 4 nitrogen and oxygen atoms in total. The van der Waals surface area contributed by atoms with Gasteiger partial charge >= 0.3 is 0 Å². The lowest BCUT2D eigenvalue weighted by Gasteiger charge is -2.18. The van der Waals surface area contributed by atoms with Crippen molar-refractivity contribution in [3.8, 4) is 0 Å². The molecule has 0 aliphatic carbocycles. The minimum Gasteiger partial charge on any atom is -0.356 e. The summed E-state index contributed by atoms with van der Waals surface area (Å²) in [6.45, 7) is 5.50. The number of carbonyl (C=O) groups excluding carboxylic acids is 2. The van der Waals surface area contributed by atoms with Crippen LogP contribution in [0.1, 0.15) is 47.2 Å². The number of benzene rings is 2. The van der Waals surface area contributed by atoms with Gasteiger partial charge in [-0.15, -0.1) is 0 Å². The minimum absolute atomic E-state index is 0.0398. The first-order valence-corrected chi connectivity index (χ1v) is 9.88. The number of likely N-dealkylation sites (tertiary alicyclic amines) is 1. The van der Waals surface area contributed by atoms with Crippen LogP contribution in [0.15, 0.2) is 48.5 Å². The molecule has 2 unspecified atom stereocenters. The Morgan fingerprint density at radius 3 is 2.39 bits per heavy atom. The zero-order valence-electron chi connectivity index (χ0n) is 16.5. The number of rotatable bonds is 6. The quantitative estimate of drug-likeness (QED) is 0.770. The molecule has 28 heavy (non-hydrogen) atoms. The number of halogens is 1. The number of unbranched alkanes of at least 4 members (excludes halogenated alkanes) is 1. The van der Waals surface area contributed by atoms with E-state index in [9.17, 15) is 14.0 Å². The molecular formula is C23H27FN2O2. The Morgan fingerprint density at radius 2 is 1.75 bits per heavy atom. The van der Waals surface area contributed by atoms with Gasteiger partial charge in [0.15, 0.2) is 0 Å². The molecule has 1 fully saturated rings. The molecule has 0 spiro atoms. The van der Waals surface area contributed by atoms with Crippen LogP contribution >= 0.6 is 0 Å². The highest BCUT2D eigenvalue weighted by molar-refractivity contribution is 5.95. The number of hydrogen-bond acceptors (Lipinski definition) is 2. The van der Waals surface area contributed by atoms with Crippen LogP contribution in [-0.2, 0) is 4.79 Å². The summed E-state index contributed by atoms with van der Waals surface area (Å²) >= 11 is 0. The smallest absolute Gasteiger partial charge is 0.253 e. The summed E-state index contributed by atoms with van der Waals surface area (Å²) in [5, 5.41) is 2.99. The summed E-state index contributed by atoms with van der Waals surface area (Å²) in [5.74, 6) is -0.899. The summed E-state index contributed by atoms with van der Waals surface area (Å²) < 4.78 is 13.3. The highest BCUT2D eigenvalue weighted by Gasteiger charge is 2.40. The van der Waals surface area contributed by atoms with Gasteiger partial charge < -0.3 is 10.2 Å². The van der Waals surface area contributed by atoms with Crippen molar-refractivity contribution >= 4 is 11.8 Å². The third-order valence-corrected chi connectivity index (χ3v) is 5.37. The minimum atomic E-state index is -0.336. The molecule has 0 radical (unpaired) electrons. The summed E-state index contributed by atoms with van der Waals surface area (Å²) in [6.07, 6.45) is 1.93. The van der Waals surface area contributed by atoms with E-state index in [1.165, 1.54) is 12.1 Å². The molecule has 2 aromatic carbocycles. The molecule has 2 amide bonds. The van der Waals surface area contributed by atoms with Crippen molar-refractivity contribution in [1.29, 1.82) is 0 Å². The zero-order chi connectivity index (χ0) is 20.1. The van der Waals surface area contributed by atoms with Gasteiger partial charge in [-0.2, -0.15) is 0 Å². The average molecular weight is 382 g/mol. The van der Waals surface area contributed by atoms with Gasteiger partial charge in [0.05, 0.1) is 5.92 Å². The molecule has 2 atom stereocenters. The molecule has 1 aliphatic heterocycles. The molecule has 148 valence electrons. The lowest BCUT2D eigenvalue weighted by molar-refractivity contribution is -0.124. The van der Waals surface area contributed by atoms with Crippen molar-refractivity contribution in [2.75, 3.05) is 19.6 Å². The summed E-state index contributed by atoms with van der Waals surface area (Å²) in [4.78, 5) is 27.5. The second-order valence-electron chi connectivity index (χ2n) is 7.49. The van der Waals surface area contributed by atoms with Gasteiger partial charge in [-0.25, -0.2) is 4.39 Å². The number of amides is 2. The summed E-state index contributed by atoms with van der Waals surface area (Å²) in [6, 6.07) is 13.7. The van der Waals surface area contributed by atoms with Crippen LogP contribution < -0.4 is 5.32 Å². The lowest BCUT2D eigenvalue weighted by Crippen LogP contribution is -2.36. The van der Waals surface area contributed by atoms with Gasteiger partial charge in [0.2, 0.25) is 5.91 Å². The van der Waals surface area contributed by atoms with Crippen LogP contribution in [0, 0.1) is 18.7 Å². The maximum Gasteiger partial charge on any atom is 0.253 e. The van der Waals surface area contributed by atoms with Gasteiger partial charge in [-0.1, -0.05) is 43.2 Å². The maximum absolute atomic E-state index is 13.3. The van der Waals surface area contributed by atoms with E-state index in [4.69, 9.17) is 0 Å². The SMILES string of the molecule is CCCCNC(=O)C1CN(C(=O)c2ccc(C)cc2)CC1c1ccc(F)cc1. The first-order chi connectivity index (χ1) is 13.5. The molecule has 5 heteroatoms. The van der Waals surface area contributed by atoms with E-state index < -0.39 is 0 Å². The Balaban J connectivity index is 1.81. The van der Waals surface area contributed by atoms with Crippen LogP contribution in [0.4, 0.5) is 4.39 Å². The molecule has 2 aromatic rings. The van der Waals surface area contributed by atoms with Gasteiger partial charge in [-0.05, 0) is 43.2 Å². The second kappa shape index (κ2) is 9.00. The molecule has 0 bridgehead atoms. The highest BCUT2D eigenvalue weighted by atomic mass is 19.1. The summed E-state index contributed by atoms with van der Waals surface area (Å²) in [7, 11) is 0. The molecule has 1 aliphatic rings.